The number of esters is 1. The van der Waals surface area contributed by atoms with E-state index in [1.54, 1.807) is 0 Å². The van der Waals surface area contributed by atoms with E-state index in [9.17, 15) is 23.2 Å². The minimum absolute atomic E-state index is 0.00344. The van der Waals surface area contributed by atoms with E-state index in [-0.39, 0.29) is 18.2 Å². The highest BCUT2D eigenvalue weighted by Crippen LogP contribution is 2.43. The summed E-state index contributed by atoms with van der Waals surface area (Å²) in [6.07, 6.45) is 5.23. The van der Waals surface area contributed by atoms with Gasteiger partial charge in [0.25, 0.3) is 5.92 Å². The molecule has 0 bridgehead atoms. The minimum Gasteiger partial charge on any atom is -0.466 e. The van der Waals surface area contributed by atoms with Crippen molar-refractivity contribution in [1.82, 2.24) is 9.55 Å². The first kappa shape index (κ1) is 35.2. The second kappa shape index (κ2) is 19.3. The number of nitrogens with two attached hydrogens (primary N) is 1. The van der Waals surface area contributed by atoms with Crippen molar-refractivity contribution >= 4 is 17.9 Å². The molecule has 38 heavy (non-hydrogen) atoms. The van der Waals surface area contributed by atoms with Gasteiger partial charge in [0.05, 0.1) is 19.3 Å². The van der Waals surface area contributed by atoms with Gasteiger partial charge in [-0.2, -0.15) is 4.98 Å². The highest BCUT2D eigenvalue weighted by molar-refractivity contribution is 5.65. The molecule has 1 aliphatic rings. The number of aromatic nitrogens is 2. The van der Waals surface area contributed by atoms with Gasteiger partial charge < -0.3 is 25.1 Å². The van der Waals surface area contributed by atoms with Gasteiger partial charge in [0.2, 0.25) is 6.23 Å². The average molecular weight is 550 g/mol. The summed E-state index contributed by atoms with van der Waals surface area (Å²) in [5.74, 6) is -2.95. The van der Waals surface area contributed by atoms with Crippen LogP contribution in [-0.2, 0) is 19.0 Å². The van der Waals surface area contributed by atoms with E-state index in [1.165, 1.54) is 25.6 Å². The number of unbranched alkanes of at least 4 members (excludes halogenated alkanes) is 4. The Kier molecular flexibility index (Phi) is 17.9. The molecule has 1 fully saturated rings. The summed E-state index contributed by atoms with van der Waals surface area (Å²) in [5.41, 5.74) is 4.53. The highest BCUT2D eigenvalue weighted by Gasteiger charge is 2.51. The number of carbonyl (C=O) groups is 2. The Balaban J connectivity index is 0.000000636. The zero-order chi connectivity index (χ0) is 29.1. The second-order valence-electron chi connectivity index (χ2n) is 9.24. The molecule has 220 valence electrons. The van der Waals surface area contributed by atoms with Crippen LogP contribution in [0, 0.1) is 5.92 Å². The van der Waals surface area contributed by atoms with E-state index in [0.29, 0.717) is 25.6 Å². The van der Waals surface area contributed by atoms with Gasteiger partial charge in [-0.15, -0.1) is 0 Å². The SMILES string of the molecule is CCC(C)CC1CC(F)(F)C(n2ccc(N)nc2=O)O1.CCCCCOC(=O)O.CCCCCOC(C)=O. The maximum absolute atomic E-state index is 14.0. The average Bonchev–Trinajstić information content (AvgIpc) is 3.13. The molecule has 1 aromatic heterocycles. The summed E-state index contributed by atoms with van der Waals surface area (Å²) in [4.78, 5) is 35.0. The van der Waals surface area contributed by atoms with Crippen molar-refractivity contribution in [1.29, 1.82) is 0 Å². The quantitative estimate of drug-likeness (QED) is 0.244. The predicted octanol–water partition coefficient (Wildman–Crippen LogP) is 5.80. The third-order valence-corrected chi connectivity index (χ3v) is 5.68. The normalized spacial score (nSPS) is 18.3. The van der Waals surface area contributed by atoms with Crippen LogP contribution in [0.5, 0.6) is 0 Å². The van der Waals surface area contributed by atoms with Gasteiger partial charge >= 0.3 is 17.8 Å². The fraction of sp³-hybridized carbons (Fsp3) is 0.769. The summed E-state index contributed by atoms with van der Waals surface area (Å²) >= 11 is 0. The summed E-state index contributed by atoms with van der Waals surface area (Å²) in [5, 5.41) is 7.99. The molecule has 2 rings (SSSR count). The lowest BCUT2D eigenvalue weighted by Crippen LogP contribution is -2.35. The van der Waals surface area contributed by atoms with E-state index in [1.807, 2.05) is 13.8 Å². The molecule has 0 amide bonds. The Hall–Kier alpha value is -2.76. The van der Waals surface area contributed by atoms with Crippen molar-refractivity contribution in [2.24, 2.45) is 5.92 Å². The molecule has 1 aromatic rings. The van der Waals surface area contributed by atoms with Crippen LogP contribution >= 0.6 is 0 Å². The zero-order valence-corrected chi connectivity index (χ0v) is 23.3. The van der Waals surface area contributed by atoms with Crippen LogP contribution in [0.25, 0.3) is 0 Å². The molecule has 3 N–H and O–H groups in total. The molecule has 3 unspecified atom stereocenters. The smallest absolute Gasteiger partial charge is 0.466 e. The van der Waals surface area contributed by atoms with Gasteiger partial charge in [0.15, 0.2) is 0 Å². The first-order valence-corrected chi connectivity index (χ1v) is 13.2. The number of hydrogen-bond acceptors (Lipinski definition) is 8. The third-order valence-electron chi connectivity index (χ3n) is 5.68. The number of hydrogen-bond donors (Lipinski definition) is 2. The van der Waals surface area contributed by atoms with Crippen LogP contribution in [-0.4, -0.2) is 52.0 Å². The maximum atomic E-state index is 14.0. The largest absolute Gasteiger partial charge is 0.505 e. The molecular formula is C26H45F2N3O7. The van der Waals surface area contributed by atoms with Crippen LogP contribution in [0.2, 0.25) is 0 Å². The maximum Gasteiger partial charge on any atom is 0.505 e. The molecule has 1 aliphatic heterocycles. The van der Waals surface area contributed by atoms with Crippen LogP contribution in [0.15, 0.2) is 17.1 Å². The van der Waals surface area contributed by atoms with Crippen LogP contribution in [0.4, 0.5) is 19.4 Å². The predicted molar refractivity (Wildman–Crippen MR) is 140 cm³/mol. The fourth-order valence-electron chi connectivity index (χ4n) is 3.44. The Morgan fingerprint density at radius 2 is 1.76 bits per heavy atom. The lowest BCUT2D eigenvalue weighted by atomic mass is 9.99. The number of rotatable bonds is 12. The Bertz CT molecular complexity index is 845. The zero-order valence-electron chi connectivity index (χ0n) is 23.3. The van der Waals surface area contributed by atoms with E-state index < -0.39 is 30.1 Å². The standard InChI is InChI=1S/C13H19F2N3O2.C7H14O2.C6H12O3/c1-3-8(2)6-9-7-13(14,15)11(20-9)18-5-4-10(16)17-12(18)19;1-3-4-5-6-9-7(2)8;1-2-3-4-5-9-6(7)8/h4-5,8-9,11H,3,6-7H2,1-2H3,(H2,16,17,19);3-6H2,1-2H3;2-5H2,1H3,(H,7,8). The first-order chi connectivity index (χ1) is 17.9. The number of alkyl halides is 2. The van der Waals surface area contributed by atoms with Crippen molar-refractivity contribution in [2.45, 2.75) is 111 Å². The molecule has 0 saturated carbocycles. The number of nitrogens with zero attached hydrogens (tertiary/aromatic N) is 2. The molecule has 2 heterocycles. The third kappa shape index (κ3) is 15.5. The number of nitrogen functional groups attached to an aromatic ring is 1. The summed E-state index contributed by atoms with van der Waals surface area (Å²) in [6.45, 7) is 10.5. The molecule has 0 spiro atoms. The molecule has 12 heteroatoms. The van der Waals surface area contributed by atoms with Gasteiger partial charge in [-0.1, -0.05) is 59.8 Å². The van der Waals surface area contributed by atoms with E-state index in [0.717, 1.165) is 43.1 Å². The summed E-state index contributed by atoms with van der Waals surface area (Å²) in [6, 6.07) is 1.31. The van der Waals surface area contributed by atoms with Gasteiger partial charge in [-0.25, -0.2) is 18.4 Å². The van der Waals surface area contributed by atoms with E-state index >= 15 is 0 Å². The minimum atomic E-state index is -3.08. The van der Waals surface area contributed by atoms with Crippen molar-refractivity contribution in [3.8, 4) is 0 Å². The topological polar surface area (TPSA) is 143 Å². The molecular weight excluding hydrogens is 504 g/mol. The van der Waals surface area contributed by atoms with E-state index in [2.05, 4.69) is 23.6 Å². The molecule has 10 nitrogen and oxygen atoms in total. The molecule has 1 saturated heterocycles. The lowest BCUT2D eigenvalue weighted by molar-refractivity contribution is -0.141. The Morgan fingerprint density at radius 1 is 1.18 bits per heavy atom. The molecule has 0 radical (unpaired) electrons. The Morgan fingerprint density at radius 3 is 2.24 bits per heavy atom. The van der Waals surface area contributed by atoms with Crippen molar-refractivity contribution in [2.75, 3.05) is 18.9 Å². The number of halogens is 2. The first-order valence-electron chi connectivity index (χ1n) is 13.2. The van der Waals surface area contributed by atoms with Crippen molar-refractivity contribution in [3.63, 3.8) is 0 Å². The lowest BCUT2D eigenvalue weighted by Gasteiger charge is -2.20. The van der Waals surface area contributed by atoms with Crippen LogP contribution in [0.1, 0.15) is 98.6 Å². The number of ether oxygens (including phenoxy) is 3. The monoisotopic (exact) mass is 549 g/mol. The number of anilines is 1. The van der Waals surface area contributed by atoms with Gasteiger partial charge in [0.1, 0.15) is 5.82 Å². The van der Waals surface area contributed by atoms with Gasteiger partial charge in [0, 0.05) is 19.5 Å². The molecule has 0 aromatic carbocycles. The fourth-order valence-corrected chi connectivity index (χ4v) is 3.44. The molecule has 3 atom stereocenters. The second-order valence-corrected chi connectivity index (χ2v) is 9.24. The van der Waals surface area contributed by atoms with E-state index in [4.69, 9.17) is 20.3 Å². The van der Waals surface area contributed by atoms with Crippen molar-refractivity contribution < 1.29 is 37.7 Å². The highest BCUT2D eigenvalue weighted by atomic mass is 19.3. The summed E-state index contributed by atoms with van der Waals surface area (Å²) < 4.78 is 43.2. The van der Waals surface area contributed by atoms with Gasteiger partial charge in [-0.3, -0.25) is 9.36 Å². The van der Waals surface area contributed by atoms with Crippen LogP contribution < -0.4 is 11.4 Å². The summed E-state index contributed by atoms with van der Waals surface area (Å²) in [7, 11) is 0. The van der Waals surface area contributed by atoms with Crippen molar-refractivity contribution in [3.05, 3.63) is 22.7 Å². The van der Waals surface area contributed by atoms with Gasteiger partial charge in [-0.05, 0) is 31.2 Å². The number of carbonyl (C=O) groups excluding carboxylic acids is 1. The molecule has 0 aliphatic carbocycles. The van der Waals surface area contributed by atoms with Crippen LogP contribution in [0.3, 0.4) is 0 Å². The Labute approximate surface area is 223 Å². The number of carboxylic acid groups (broad SMARTS) is 1.